The van der Waals surface area contributed by atoms with Crippen molar-refractivity contribution in [2.75, 3.05) is 7.11 Å². The first-order valence-corrected chi connectivity index (χ1v) is 8.57. The summed E-state index contributed by atoms with van der Waals surface area (Å²) in [6.45, 7) is 0. The highest BCUT2D eigenvalue weighted by Crippen LogP contribution is 2.43. The Morgan fingerprint density at radius 3 is 2.48 bits per heavy atom. The molecule has 3 rings (SSSR count). The average Bonchev–Trinajstić information content (AvgIpc) is 2.55. The minimum Gasteiger partial charge on any atom is -0.497 e. The second-order valence-electron chi connectivity index (χ2n) is 7.00. The van der Waals surface area contributed by atoms with Crippen molar-refractivity contribution in [3.05, 3.63) is 29.8 Å². The standard InChI is InChI=1S/C19H28O2/c1-21-18-10-6-14(7-11-18)12-19(20)17-9-8-15-4-2-3-5-16(15)13-17/h6-7,10-11,15-17,19-20H,2-5,8-9,12-13H2,1H3. The van der Waals surface area contributed by atoms with Crippen LogP contribution in [0, 0.1) is 17.8 Å². The first-order valence-electron chi connectivity index (χ1n) is 8.57. The summed E-state index contributed by atoms with van der Waals surface area (Å²) in [6.07, 6.45) is 10.1. The number of fused-ring (bicyclic) bond motifs is 1. The molecule has 1 aromatic rings. The topological polar surface area (TPSA) is 29.5 Å². The zero-order valence-corrected chi connectivity index (χ0v) is 13.1. The quantitative estimate of drug-likeness (QED) is 0.899. The van der Waals surface area contributed by atoms with E-state index in [0.29, 0.717) is 5.92 Å². The molecule has 2 nitrogen and oxygen atoms in total. The fourth-order valence-electron chi connectivity index (χ4n) is 4.43. The van der Waals surface area contributed by atoms with Gasteiger partial charge in [0.25, 0.3) is 0 Å². The van der Waals surface area contributed by atoms with Gasteiger partial charge in [0.05, 0.1) is 13.2 Å². The molecule has 21 heavy (non-hydrogen) atoms. The van der Waals surface area contributed by atoms with Gasteiger partial charge in [0.15, 0.2) is 0 Å². The van der Waals surface area contributed by atoms with E-state index in [-0.39, 0.29) is 6.10 Å². The third-order valence-electron chi connectivity index (χ3n) is 5.73. The molecule has 2 fully saturated rings. The van der Waals surface area contributed by atoms with Gasteiger partial charge in [0.1, 0.15) is 5.75 Å². The number of aliphatic hydroxyl groups is 1. The molecule has 0 heterocycles. The Morgan fingerprint density at radius 2 is 1.76 bits per heavy atom. The van der Waals surface area contributed by atoms with E-state index in [1.165, 1.54) is 50.5 Å². The second kappa shape index (κ2) is 6.83. The Labute approximate surface area is 128 Å². The molecule has 2 aliphatic rings. The number of methoxy groups -OCH3 is 1. The third-order valence-corrected chi connectivity index (χ3v) is 5.73. The summed E-state index contributed by atoms with van der Waals surface area (Å²) < 4.78 is 5.19. The second-order valence-corrected chi connectivity index (χ2v) is 7.00. The van der Waals surface area contributed by atoms with Crippen molar-refractivity contribution in [2.24, 2.45) is 17.8 Å². The van der Waals surface area contributed by atoms with E-state index < -0.39 is 0 Å². The maximum absolute atomic E-state index is 10.6. The van der Waals surface area contributed by atoms with Gasteiger partial charge in [-0.25, -0.2) is 0 Å². The summed E-state index contributed by atoms with van der Waals surface area (Å²) in [5.74, 6) is 3.24. The van der Waals surface area contributed by atoms with Crippen LogP contribution >= 0.6 is 0 Å². The van der Waals surface area contributed by atoms with Crippen molar-refractivity contribution in [3.8, 4) is 5.75 Å². The summed E-state index contributed by atoms with van der Waals surface area (Å²) in [4.78, 5) is 0. The van der Waals surface area contributed by atoms with E-state index in [1.807, 2.05) is 12.1 Å². The summed E-state index contributed by atoms with van der Waals surface area (Å²) >= 11 is 0. The molecule has 4 atom stereocenters. The molecule has 0 bridgehead atoms. The zero-order chi connectivity index (χ0) is 14.7. The molecule has 0 aromatic heterocycles. The Balaban J connectivity index is 1.56. The number of hydrogen-bond donors (Lipinski definition) is 1. The van der Waals surface area contributed by atoms with Crippen LogP contribution in [0.3, 0.4) is 0 Å². The average molecular weight is 288 g/mol. The Bertz CT molecular complexity index is 439. The van der Waals surface area contributed by atoms with Gasteiger partial charge in [-0.3, -0.25) is 0 Å². The molecule has 2 heteroatoms. The van der Waals surface area contributed by atoms with Gasteiger partial charge in [-0.15, -0.1) is 0 Å². The van der Waals surface area contributed by atoms with E-state index >= 15 is 0 Å². The van der Waals surface area contributed by atoms with Crippen LogP contribution in [0.5, 0.6) is 5.75 Å². The van der Waals surface area contributed by atoms with Gasteiger partial charge in [-0.1, -0.05) is 37.8 Å². The van der Waals surface area contributed by atoms with Crippen LogP contribution in [0.15, 0.2) is 24.3 Å². The van der Waals surface area contributed by atoms with Crippen molar-refractivity contribution in [1.82, 2.24) is 0 Å². The highest BCUT2D eigenvalue weighted by Gasteiger charge is 2.34. The molecule has 0 aliphatic heterocycles. The molecule has 116 valence electrons. The molecule has 0 saturated heterocycles. The maximum atomic E-state index is 10.6. The Kier molecular flexibility index (Phi) is 4.84. The van der Waals surface area contributed by atoms with Crippen molar-refractivity contribution in [2.45, 2.75) is 57.5 Å². The van der Waals surface area contributed by atoms with Gasteiger partial charge in [0.2, 0.25) is 0 Å². The number of ether oxygens (including phenoxy) is 1. The van der Waals surface area contributed by atoms with Gasteiger partial charge >= 0.3 is 0 Å². The number of aliphatic hydroxyl groups excluding tert-OH is 1. The van der Waals surface area contributed by atoms with Gasteiger partial charge in [-0.2, -0.15) is 0 Å². The molecule has 4 unspecified atom stereocenters. The fraction of sp³-hybridized carbons (Fsp3) is 0.684. The van der Waals surface area contributed by atoms with E-state index in [9.17, 15) is 5.11 Å². The summed E-state index contributed by atoms with van der Waals surface area (Å²) in [6, 6.07) is 8.13. The minimum absolute atomic E-state index is 0.179. The molecule has 1 N–H and O–H groups in total. The normalized spacial score (nSPS) is 30.5. The van der Waals surface area contributed by atoms with Crippen LogP contribution in [0.4, 0.5) is 0 Å². The molecule has 0 spiro atoms. The molecule has 2 saturated carbocycles. The van der Waals surface area contributed by atoms with E-state index in [2.05, 4.69) is 12.1 Å². The highest BCUT2D eigenvalue weighted by atomic mass is 16.5. The van der Waals surface area contributed by atoms with Crippen LogP contribution in [0.1, 0.15) is 50.5 Å². The predicted molar refractivity (Wildman–Crippen MR) is 85.5 cm³/mol. The lowest BCUT2D eigenvalue weighted by molar-refractivity contribution is 0.0361. The molecular weight excluding hydrogens is 260 g/mol. The number of benzene rings is 1. The molecule has 2 aliphatic carbocycles. The highest BCUT2D eigenvalue weighted by molar-refractivity contribution is 5.27. The van der Waals surface area contributed by atoms with Gasteiger partial charge < -0.3 is 9.84 Å². The molecular formula is C19H28O2. The predicted octanol–water partition coefficient (Wildman–Crippen LogP) is 4.21. The molecule has 0 amide bonds. The van der Waals surface area contributed by atoms with Crippen molar-refractivity contribution in [1.29, 1.82) is 0 Å². The van der Waals surface area contributed by atoms with Gasteiger partial charge in [0, 0.05) is 0 Å². The molecule has 1 aromatic carbocycles. The Hall–Kier alpha value is -1.02. The van der Waals surface area contributed by atoms with E-state index in [4.69, 9.17) is 4.74 Å². The van der Waals surface area contributed by atoms with Crippen molar-refractivity contribution < 1.29 is 9.84 Å². The fourth-order valence-corrected chi connectivity index (χ4v) is 4.43. The summed E-state index contributed by atoms with van der Waals surface area (Å²) in [5, 5.41) is 10.6. The first-order chi connectivity index (χ1) is 10.3. The third kappa shape index (κ3) is 3.60. The lowest BCUT2D eigenvalue weighted by Gasteiger charge is -2.40. The molecule has 0 radical (unpaired) electrons. The lowest BCUT2D eigenvalue weighted by Crippen LogP contribution is -2.34. The van der Waals surface area contributed by atoms with Crippen LogP contribution in [0.25, 0.3) is 0 Å². The zero-order valence-electron chi connectivity index (χ0n) is 13.1. The van der Waals surface area contributed by atoms with Crippen LogP contribution in [0.2, 0.25) is 0 Å². The van der Waals surface area contributed by atoms with Gasteiger partial charge in [-0.05, 0) is 61.1 Å². The lowest BCUT2D eigenvalue weighted by atomic mass is 9.66. The van der Waals surface area contributed by atoms with Crippen LogP contribution in [-0.4, -0.2) is 18.3 Å². The smallest absolute Gasteiger partial charge is 0.118 e. The maximum Gasteiger partial charge on any atom is 0.118 e. The Morgan fingerprint density at radius 1 is 1.05 bits per heavy atom. The van der Waals surface area contributed by atoms with E-state index in [0.717, 1.165) is 24.0 Å². The first kappa shape index (κ1) is 14.9. The number of hydrogen-bond acceptors (Lipinski definition) is 2. The van der Waals surface area contributed by atoms with Crippen molar-refractivity contribution >= 4 is 0 Å². The summed E-state index contributed by atoms with van der Waals surface area (Å²) in [5.41, 5.74) is 1.22. The largest absolute Gasteiger partial charge is 0.497 e. The monoisotopic (exact) mass is 288 g/mol. The van der Waals surface area contributed by atoms with Crippen LogP contribution in [-0.2, 0) is 6.42 Å². The SMILES string of the molecule is COc1ccc(CC(O)C2CCC3CCCCC3C2)cc1. The van der Waals surface area contributed by atoms with E-state index in [1.54, 1.807) is 7.11 Å². The number of rotatable bonds is 4. The summed E-state index contributed by atoms with van der Waals surface area (Å²) in [7, 11) is 1.69. The minimum atomic E-state index is -0.179. The van der Waals surface area contributed by atoms with Crippen molar-refractivity contribution in [3.63, 3.8) is 0 Å². The van der Waals surface area contributed by atoms with Crippen LogP contribution < -0.4 is 4.74 Å².